The lowest BCUT2D eigenvalue weighted by Crippen LogP contribution is -2.29. The van der Waals surface area contributed by atoms with Gasteiger partial charge in [-0.1, -0.05) is 82.9 Å². The number of anilines is 1. The zero-order valence-electron chi connectivity index (χ0n) is 28.5. The maximum atomic E-state index is 13.6. The van der Waals surface area contributed by atoms with E-state index in [4.69, 9.17) is 9.15 Å². The smallest absolute Gasteiger partial charge is 0.338 e. The van der Waals surface area contributed by atoms with E-state index in [2.05, 4.69) is 80.5 Å². The third-order valence-electron chi connectivity index (χ3n) is 9.09. The van der Waals surface area contributed by atoms with Gasteiger partial charge in [0.2, 0.25) is 5.36 Å². The zero-order valence-corrected chi connectivity index (χ0v) is 28.5. The summed E-state index contributed by atoms with van der Waals surface area (Å²) in [5.74, 6) is 0.551. The van der Waals surface area contributed by atoms with Crippen LogP contribution in [0.4, 0.5) is 5.69 Å². The van der Waals surface area contributed by atoms with Crippen molar-refractivity contribution in [1.29, 1.82) is 0 Å². The Balaban J connectivity index is 1.62. The van der Waals surface area contributed by atoms with Crippen LogP contribution in [0.25, 0.3) is 33.4 Å². The molecule has 0 aromatic heterocycles. The Labute approximate surface area is 271 Å². The highest BCUT2D eigenvalue weighted by Crippen LogP contribution is 2.42. The molecule has 0 atom stereocenters. The van der Waals surface area contributed by atoms with E-state index in [0.717, 1.165) is 83.5 Å². The fraction of sp³-hybridized carbons (Fsp3) is 0.500. The summed E-state index contributed by atoms with van der Waals surface area (Å²) in [6, 6.07) is 20.8. The molecule has 0 saturated heterocycles. The molecule has 5 heteroatoms. The fourth-order valence-electron chi connectivity index (χ4n) is 6.44. The lowest BCUT2D eigenvalue weighted by Gasteiger charge is -2.22. The molecule has 1 aliphatic carbocycles. The number of hydrogen-bond acceptors (Lipinski definition) is 4. The van der Waals surface area contributed by atoms with Gasteiger partial charge in [-0.2, -0.15) is 0 Å². The average molecular weight is 612 g/mol. The third-order valence-corrected chi connectivity index (χ3v) is 9.09. The Morgan fingerprint density at radius 1 is 0.733 bits per heavy atom. The zero-order chi connectivity index (χ0) is 32.0. The van der Waals surface area contributed by atoms with Gasteiger partial charge in [0.25, 0.3) is 0 Å². The Hall–Kier alpha value is -3.60. The number of unbranched alkanes of at least 4 members (excludes halogenated alkanes) is 9. The predicted molar refractivity (Wildman–Crippen MR) is 190 cm³/mol. The highest BCUT2D eigenvalue weighted by atomic mass is 16.5. The van der Waals surface area contributed by atoms with Crippen LogP contribution in [0, 0.1) is 0 Å². The van der Waals surface area contributed by atoms with Gasteiger partial charge in [0.05, 0.1) is 18.2 Å². The van der Waals surface area contributed by atoms with Crippen LogP contribution in [0.1, 0.15) is 109 Å². The molecule has 0 amide bonds. The second-order valence-corrected chi connectivity index (χ2v) is 12.0. The molecule has 0 radical (unpaired) electrons. The number of carbonyl (C=O) groups excluding carboxylic acids is 1. The summed E-state index contributed by atoms with van der Waals surface area (Å²) in [7, 11) is 0. The molecule has 5 nitrogen and oxygen atoms in total. The van der Waals surface area contributed by atoms with Crippen LogP contribution >= 0.6 is 0 Å². The van der Waals surface area contributed by atoms with Gasteiger partial charge in [0, 0.05) is 47.4 Å². The van der Waals surface area contributed by atoms with Gasteiger partial charge < -0.3 is 14.1 Å². The van der Waals surface area contributed by atoms with Crippen LogP contribution in [-0.4, -0.2) is 38.8 Å². The van der Waals surface area contributed by atoms with E-state index in [1.807, 2.05) is 24.3 Å². The van der Waals surface area contributed by atoms with Crippen LogP contribution in [0.15, 0.2) is 65.1 Å². The van der Waals surface area contributed by atoms with E-state index >= 15 is 0 Å². The van der Waals surface area contributed by atoms with E-state index in [-0.39, 0.29) is 5.97 Å². The van der Waals surface area contributed by atoms with Crippen molar-refractivity contribution in [2.45, 2.75) is 98.8 Å². The summed E-state index contributed by atoms with van der Waals surface area (Å²) < 4.78 is 14.8. The first-order chi connectivity index (χ1) is 22.1. The first-order valence-corrected chi connectivity index (χ1v) is 17.7. The number of fused-ring (bicyclic) bond motifs is 2. The predicted octanol–water partition coefficient (Wildman–Crippen LogP) is 9.94. The molecule has 4 rings (SSSR count). The van der Waals surface area contributed by atoms with Gasteiger partial charge in [-0.15, -0.1) is 0 Å². The normalized spacial score (nSPS) is 11.3. The third kappa shape index (κ3) is 8.77. The second kappa shape index (κ2) is 17.8. The maximum Gasteiger partial charge on any atom is 0.338 e. The van der Waals surface area contributed by atoms with Crippen molar-refractivity contribution in [3.8, 4) is 22.5 Å². The van der Waals surface area contributed by atoms with E-state index in [0.29, 0.717) is 12.2 Å². The number of hydrogen-bond donors (Lipinski definition) is 0. The van der Waals surface area contributed by atoms with E-state index < -0.39 is 0 Å². The molecule has 0 N–H and O–H groups in total. The molecule has 2 aliphatic rings. The molecule has 45 heavy (non-hydrogen) atoms. The van der Waals surface area contributed by atoms with Gasteiger partial charge in [-0.3, -0.25) is 0 Å². The standard InChI is InChI=1S/C40H55N2O3/c1-6-11-12-13-14-15-16-17-18-21-28-44-40(43)34-23-20-19-22-33(34)39-35-26-24-31(41(7-2)8-3)29-37(35)45-38-30-32(25-27-36(38)39)42(9-4)10-5/h19-20,22-27,29-30H,6-18,21,28H2,1-5H3/q+1. The van der Waals surface area contributed by atoms with Crippen molar-refractivity contribution in [3.63, 3.8) is 0 Å². The van der Waals surface area contributed by atoms with Crippen molar-refractivity contribution in [3.05, 3.63) is 71.6 Å². The molecule has 0 bridgehead atoms. The van der Waals surface area contributed by atoms with Gasteiger partial charge in [-0.25, -0.2) is 9.37 Å². The van der Waals surface area contributed by atoms with Crippen LogP contribution in [0.2, 0.25) is 0 Å². The van der Waals surface area contributed by atoms with Gasteiger partial charge in [0.1, 0.15) is 24.4 Å². The van der Waals surface area contributed by atoms with Gasteiger partial charge >= 0.3 is 5.97 Å². The number of nitrogens with zero attached hydrogens (tertiary/aromatic N) is 2. The van der Waals surface area contributed by atoms with Crippen molar-refractivity contribution in [1.82, 2.24) is 4.58 Å². The van der Waals surface area contributed by atoms with Crippen molar-refractivity contribution in [2.24, 2.45) is 0 Å². The summed E-state index contributed by atoms with van der Waals surface area (Å²) >= 11 is 0. The number of esters is 1. The van der Waals surface area contributed by atoms with E-state index in [1.54, 1.807) is 0 Å². The van der Waals surface area contributed by atoms with Crippen LogP contribution in [0.3, 0.4) is 0 Å². The van der Waals surface area contributed by atoms with E-state index in [9.17, 15) is 4.79 Å². The fourth-order valence-corrected chi connectivity index (χ4v) is 6.44. The summed E-state index contributed by atoms with van der Waals surface area (Å²) in [5, 5.41) is 2.12. The molecule has 1 heterocycles. The van der Waals surface area contributed by atoms with Crippen LogP contribution < -0.4 is 14.8 Å². The number of ether oxygens (including phenoxy) is 1. The van der Waals surface area contributed by atoms with E-state index in [1.165, 1.54) is 51.4 Å². The molecule has 242 valence electrons. The minimum atomic E-state index is -0.261. The average Bonchev–Trinajstić information content (AvgIpc) is 3.07. The van der Waals surface area contributed by atoms with Crippen LogP contribution in [0.5, 0.6) is 0 Å². The van der Waals surface area contributed by atoms with Crippen LogP contribution in [-0.2, 0) is 4.74 Å². The molecule has 2 aromatic rings. The number of carbonyl (C=O) groups is 1. The molecule has 1 aliphatic heterocycles. The van der Waals surface area contributed by atoms with Crippen molar-refractivity contribution >= 4 is 22.6 Å². The monoisotopic (exact) mass is 611 g/mol. The molecular weight excluding hydrogens is 556 g/mol. The molecule has 0 unspecified atom stereocenters. The largest absolute Gasteiger partial charge is 0.462 e. The Bertz CT molecular complexity index is 1540. The lowest BCUT2D eigenvalue weighted by atomic mass is 9.90. The molecule has 0 spiro atoms. The van der Waals surface area contributed by atoms with Crippen molar-refractivity contribution < 1.29 is 13.9 Å². The Kier molecular flexibility index (Phi) is 13.5. The quantitative estimate of drug-likeness (QED) is 0.0486. The molecule has 0 fully saturated rings. The SMILES string of the molecule is CCCCCCCCCCCCOC(=O)c1ccccc1-c1c2ccc(=[N+](CC)CC)cc-2oc2cc(N(CC)CC)ccc12. The molecule has 0 saturated carbocycles. The van der Waals surface area contributed by atoms with Gasteiger partial charge in [0.15, 0.2) is 0 Å². The molecular formula is C40H55N2O3+. The topological polar surface area (TPSA) is 45.7 Å². The highest BCUT2D eigenvalue weighted by Gasteiger charge is 2.23. The van der Waals surface area contributed by atoms with Gasteiger partial charge in [-0.05, 0) is 63.9 Å². The number of rotatable bonds is 18. The summed E-state index contributed by atoms with van der Waals surface area (Å²) in [5.41, 5.74) is 5.42. The minimum Gasteiger partial charge on any atom is -0.462 e. The summed E-state index contributed by atoms with van der Waals surface area (Å²) in [4.78, 5) is 15.9. The Morgan fingerprint density at radius 3 is 2.07 bits per heavy atom. The maximum absolute atomic E-state index is 13.6. The second-order valence-electron chi connectivity index (χ2n) is 12.0. The highest BCUT2D eigenvalue weighted by molar-refractivity contribution is 6.08. The Morgan fingerprint density at radius 2 is 1.40 bits per heavy atom. The summed E-state index contributed by atoms with van der Waals surface area (Å²) in [6.07, 6.45) is 12.5. The number of benzene rings is 3. The minimum absolute atomic E-state index is 0.261. The van der Waals surface area contributed by atoms with Crippen molar-refractivity contribution in [2.75, 3.05) is 37.7 Å². The molecule has 2 aromatic carbocycles. The first-order valence-electron chi connectivity index (χ1n) is 17.7. The lowest BCUT2D eigenvalue weighted by molar-refractivity contribution is 0.0498. The first kappa shape index (κ1) is 34.3. The summed E-state index contributed by atoms with van der Waals surface area (Å²) in [6.45, 7) is 15.1.